The molecule has 8 aromatic carbocycles. The maximum absolute atomic E-state index is 3.71. The number of nitrogens with one attached hydrogen (secondary N) is 2. The van der Waals surface area contributed by atoms with Gasteiger partial charge in [0, 0.05) is 25.2 Å². The van der Waals surface area contributed by atoms with Crippen LogP contribution in [0.15, 0.2) is 218 Å². The van der Waals surface area contributed by atoms with Crippen LogP contribution in [0.4, 0.5) is 0 Å². The summed E-state index contributed by atoms with van der Waals surface area (Å²) in [5.74, 6) is 0. The molecule has 0 amide bonds. The molecule has 0 atom stereocenters. The predicted molar refractivity (Wildman–Crippen MR) is 196 cm³/mol. The van der Waals surface area contributed by atoms with Crippen LogP contribution < -0.4 is 10.6 Å². The standard InChI is InChI=1S/C24H24N2.4C5H5.4Fe/c1-2-10-19(9-1)23(20-11-3-4-12-20)25-17-18-26-24(21-13-5-6-14-21)22-15-7-8-16-22;4*1-2-4-5-3-1;;;;/h1-16,23-26H,17-18H2;4*1-5H;;;;/q-4;4*-1;4*+2. The van der Waals surface area contributed by atoms with Gasteiger partial charge in [-0.3, -0.25) is 0 Å². The summed E-state index contributed by atoms with van der Waals surface area (Å²) in [6, 6.07) is 74.8. The average Bonchev–Trinajstić information content (AvgIpc) is 3.99. The molecule has 0 unspecified atom stereocenters. The SMILES string of the molecule is [Fe+2].[Fe+2].[Fe+2].[Fe+2].c1c[cH-]c(C(NCCNC(c2ccc[cH-]2)c2ccc[cH-]2)c2ccc[cH-]2)c1.c1cc[cH-]c1.c1cc[cH-]c1.c1cc[cH-]c1.c1cc[cH-]c1. The first-order valence-electron chi connectivity index (χ1n) is 15.9. The summed E-state index contributed by atoms with van der Waals surface area (Å²) >= 11 is 0. The Hall–Kier alpha value is -3.20. The smallest absolute Gasteiger partial charge is 0.309 e. The van der Waals surface area contributed by atoms with E-state index in [1.54, 1.807) is 0 Å². The van der Waals surface area contributed by atoms with E-state index in [9.17, 15) is 0 Å². The molecule has 0 spiro atoms. The van der Waals surface area contributed by atoms with Crippen LogP contribution in [0.2, 0.25) is 0 Å². The molecular formula is C44H44Fe4N2. The fourth-order valence-electron chi connectivity index (χ4n) is 4.90. The van der Waals surface area contributed by atoms with E-state index in [1.807, 2.05) is 121 Å². The van der Waals surface area contributed by atoms with Crippen molar-refractivity contribution in [3.63, 3.8) is 0 Å². The molecule has 0 saturated carbocycles. The Morgan fingerprint density at radius 3 is 0.680 bits per heavy atom. The van der Waals surface area contributed by atoms with E-state index in [1.165, 1.54) is 22.3 Å². The first kappa shape index (κ1) is 46.8. The summed E-state index contributed by atoms with van der Waals surface area (Å²) in [7, 11) is 0. The first-order chi connectivity index (χ1) is 22.9. The maximum atomic E-state index is 3.71. The minimum absolute atomic E-state index is 0. The van der Waals surface area contributed by atoms with Gasteiger partial charge in [-0.25, -0.2) is 97.1 Å². The zero-order valence-corrected chi connectivity index (χ0v) is 32.2. The molecule has 0 heterocycles. The topological polar surface area (TPSA) is 24.1 Å². The zero-order chi connectivity index (χ0) is 31.7. The van der Waals surface area contributed by atoms with Crippen LogP contribution in [-0.4, -0.2) is 13.1 Å². The fraction of sp³-hybridized carbons (Fsp3) is 0.0909. The quantitative estimate of drug-likeness (QED) is 0.0861. The third-order valence-electron chi connectivity index (χ3n) is 7.13. The second-order valence-corrected chi connectivity index (χ2v) is 10.5. The van der Waals surface area contributed by atoms with E-state index in [0.717, 1.165) is 13.1 Å². The van der Waals surface area contributed by atoms with Gasteiger partial charge in [-0.05, 0) is 0 Å². The summed E-state index contributed by atoms with van der Waals surface area (Å²) in [4.78, 5) is 0. The molecule has 2 N–H and O–H groups in total. The minimum atomic E-state index is 0. The van der Waals surface area contributed by atoms with Gasteiger partial charge in [-0.2, -0.15) is 121 Å². The summed E-state index contributed by atoms with van der Waals surface area (Å²) in [6.07, 6.45) is 0. The van der Waals surface area contributed by atoms with Crippen molar-refractivity contribution in [2.75, 3.05) is 13.1 Å². The van der Waals surface area contributed by atoms with Gasteiger partial charge < -0.3 is 10.6 Å². The first-order valence-corrected chi connectivity index (χ1v) is 15.9. The monoisotopic (exact) mass is 824 g/mol. The third-order valence-corrected chi connectivity index (χ3v) is 7.13. The van der Waals surface area contributed by atoms with Gasteiger partial charge in [-0.1, -0.05) is 0 Å². The second-order valence-electron chi connectivity index (χ2n) is 10.5. The summed E-state index contributed by atoms with van der Waals surface area (Å²) in [5, 5.41) is 7.42. The van der Waals surface area contributed by atoms with E-state index < -0.39 is 0 Å². The average molecular weight is 824 g/mol. The summed E-state index contributed by atoms with van der Waals surface area (Å²) < 4.78 is 0. The molecule has 0 fully saturated rings. The van der Waals surface area contributed by atoms with Crippen molar-refractivity contribution in [3.05, 3.63) is 241 Å². The minimum Gasteiger partial charge on any atom is -0.309 e. The Bertz CT molecular complexity index is 1290. The van der Waals surface area contributed by atoms with Crippen LogP contribution in [0, 0.1) is 0 Å². The molecule has 2 nitrogen and oxygen atoms in total. The Labute approximate surface area is 342 Å². The Morgan fingerprint density at radius 2 is 0.540 bits per heavy atom. The van der Waals surface area contributed by atoms with Gasteiger partial charge in [0.05, 0.1) is 0 Å². The van der Waals surface area contributed by atoms with Crippen molar-refractivity contribution in [1.82, 2.24) is 10.6 Å². The van der Waals surface area contributed by atoms with Crippen LogP contribution >= 0.6 is 0 Å². The van der Waals surface area contributed by atoms with Gasteiger partial charge in [0.2, 0.25) is 0 Å². The second kappa shape index (κ2) is 30.6. The van der Waals surface area contributed by atoms with E-state index >= 15 is 0 Å². The van der Waals surface area contributed by atoms with Crippen LogP contribution in [0.3, 0.4) is 0 Å². The van der Waals surface area contributed by atoms with Gasteiger partial charge >= 0.3 is 68.3 Å². The molecule has 0 aliphatic heterocycles. The van der Waals surface area contributed by atoms with Crippen molar-refractivity contribution >= 4 is 0 Å². The van der Waals surface area contributed by atoms with E-state index in [2.05, 4.69) is 108 Å². The summed E-state index contributed by atoms with van der Waals surface area (Å²) in [5.41, 5.74) is 5.28. The van der Waals surface area contributed by atoms with Gasteiger partial charge in [0.15, 0.2) is 0 Å². The Balaban J connectivity index is 0.000000810. The number of rotatable bonds is 9. The Kier molecular flexibility index (Phi) is 28.6. The van der Waals surface area contributed by atoms with Crippen molar-refractivity contribution < 1.29 is 68.3 Å². The molecule has 0 bridgehead atoms. The zero-order valence-electron chi connectivity index (χ0n) is 27.8. The molecule has 0 saturated heterocycles. The fourth-order valence-corrected chi connectivity index (χ4v) is 4.90. The predicted octanol–water partition coefficient (Wildman–Crippen LogP) is 10.2. The number of hydrogen-bond donors (Lipinski definition) is 2. The van der Waals surface area contributed by atoms with E-state index in [-0.39, 0.29) is 80.4 Å². The van der Waals surface area contributed by atoms with Gasteiger partial charge in [-0.15, -0.1) is 22.3 Å². The molecule has 8 aromatic rings. The molecule has 6 heteroatoms. The van der Waals surface area contributed by atoms with E-state index in [0.29, 0.717) is 0 Å². The van der Waals surface area contributed by atoms with Crippen LogP contribution in [0.1, 0.15) is 34.3 Å². The molecule has 0 aliphatic rings. The molecule has 0 aliphatic carbocycles. The summed E-state index contributed by atoms with van der Waals surface area (Å²) in [6.45, 7) is 1.80. The normalized spacial score (nSPS) is 9.24. The number of hydrogen-bond acceptors (Lipinski definition) is 2. The van der Waals surface area contributed by atoms with E-state index in [4.69, 9.17) is 0 Å². The van der Waals surface area contributed by atoms with Gasteiger partial charge in [0.1, 0.15) is 0 Å². The molecule has 0 aromatic heterocycles. The van der Waals surface area contributed by atoms with Crippen LogP contribution in [0.5, 0.6) is 0 Å². The molecule has 262 valence electrons. The third kappa shape index (κ3) is 18.7. The van der Waals surface area contributed by atoms with Crippen molar-refractivity contribution in [3.8, 4) is 0 Å². The maximum Gasteiger partial charge on any atom is 2.00 e. The molecule has 8 rings (SSSR count). The van der Waals surface area contributed by atoms with Crippen molar-refractivity contribution in [1.29, 1.82) is 0 Å². The van der Waals surface area contributed by atoms with Crippen LogP contribution in [-0.2, 0) is 68.3 Å². The molecular weight excluding hydrogens is 780 g/mol. The van der Waals surface area contributed by atoms with Crippen LogP contribution in [0.25, 0.3) is 0 Å². The van der Waals surface area contributed by atoms with Crippen molar-refractivity contribution in [2.45, 2.75) is 12.1 Å². The van der Waals surface area contributed by atoms with Crippen molar-refractivity contribution in [2.24, 2.45) is 0 Å². The Morgan fingerprint density at radius 1 is 0.320 bits per heavy atom. The molecule has 50 heavy (non-hydrogen) atoms. The largest absolute Gasteiger partial charge is 2.00 e. The molecule has 0 radical (unpaired) electrons. The van der Waals surface area contributed by atoms with Gasteiger partial charge in [0.25, 0.3) is 0 Å².